The van der Waals surface area contributed by atoms with Crippen molar-refractivity contribution in [1.29, 1.82) is 0 Å². The van der Waals surface area contributed by atoms with Crippen molar-refractivity contribution in [2.75, 3.05) is 26.0 Å². The highest BCUT2D eigenvalue weighted by Crippen LogP contribution is 2.24. The summed E-state index contributed by atoms with van der Waals surface area (Å²) in [6.07, 6.45) is 0.950. The van der Waals surface area contributed by atoms with E-state index in [2.05, 4.69) is 17.2 Å². The molecule has 0 fully saturated rings. The topological polar surface area (TPSA) is 97.0 Å². The normalized spacial score (nSPS) is 11.7. The van der Waals surface area contributed by atoms with Crippen LogP contribution in [-0.4, -0.2) is 49.1 Å². The van der Waals surface area contributed by atoms with E-state index in [1.54, 1.807) is 76.4 Å². The molecule has 1 atom stereocenters. The summed E-state index contributed by atoms with van der Waals surface area (Å²) in [5.74, 6) is -0.210. The molecule has 0 aromatic heterocycles. The van der Waals surface area contributed by atoms with Crippen LogP contribution in [0.4, 0.5) is 10.5 Å². The first-order chi connectivity index (χ1) is 15.5. The molecule has 0 radical (unpaired) electrons. The van der Waals surface area contributed by atoms with Crippen LogP contribution in [0.1, 0.15) is 37.9 Å². The predicted molar refractivity (Wildman–Crippen MR) is 128 cm³/mol. The lowest BCUT2D eigenvalue weighted by Crippen LogP contribution is -2.44. The minimum absolute atomic E-state index is 0.321. The number of amides is 3. The number of rotatable bonds is 8. The first-order valence-electron chi connectivity index (χ1n) is 10.4. The average molecular weight is 454 g/mol. The van der Waals surface area contributed by atoms with Crippen molar-refractivity contribution in [3.8, 4) is 5.75 Å². The van der Waals surface area contributed by atoms with Crippen LogP contribution in [0.3, 0.4) is 0 Å². The molecule has 0 spiro atoms. The van der Waals surface area contributed by atoms with Crippen molar-refractivity contribution >= 4 is 29.7 Å². The monoisotopic (exact) mass is 453 g/mol. The standard InChI is InChI=1S/C25H31N3O5/c1-7-17-9-8-10-18(15-17)22(23(30)27-19-11-13-20(32-6)14-12-19)28(5)21(29)16-26-24(31)33-25(2,3)4/h7-15,22H,1,16H2,2-6H3,(H,26,31)(H,27,30). The average Bonchev–Trinajstić information content (AvgIpc) is 2.77. The summed E-state index contributed by atoms with van der Waals surface area (Å²) >= 11 is 0. The lowest BCUT2D eigenvalue weighted by Gasteiger charge is -2.28. The predicted octanol–water partition coefficient (Wildman–Crippen LogP) is 4.00. The number of nitrogens with one attached hydrogen (secondary N) is 2. The number of methoxy groups -OCH3 is 1. The smallest absolute Gasteiger partial charge is 0.408 e. The zero-order valence-electron chi connectivity index (χ0n) is 19.7. The van der Waals surface area contributed by atoms with Gasteiger partial charge in [-0.05, 0) is 62.2 Å². The van der Waals surface area contributed by atoms with E-state index >= 15 is 0 Å². The van der Waals surface area contributed by atoms with Crippen molar-refractivity contribution < 1.29 is 23.9 Å². The lowest BCUT2D eigenvalue weighted by molar-refractivity contribution is -0.136. The molecule has 8 heteroatoms. The van der Waals surface area contributed by atoms with Gasteiger partial charge in [-0.15, -0.1) is 0 Å². The second kappa shape index (κ2) is 11.2. The van der Waals surface area contributed by atoms with Gasteiger partial charge in [0, 0.05) is 12.7 Å². The number of carbonyl (C=O) groups excluding carboxylic acids is 3. The molecule has 0 saturated heterocycles. The maximum Gasteiger partial charge on any atom is 0.408 e. The molecule has 2 N–H and O–H groups in total. The molecule has 0 saturated carbocycles. The molecular weight excluding hydrogens is 422 g/mol. The fourth-order valence-electron chi connectivity index (χ4n) is 3.02. The van der Waals surface area contributed by atoms with Crippen LogP contribution in [0.25, 0.3) is 6.08 Å². The second-order valence-electron chi connectivity index (χ2n) is 8.35. The molecular formula is C25H31N3O5. The first kappa shape index (κ1) is 25.5. The van der Waals surface area contributed by atoms with E-state index in [1.807, 2.05) is 6.07 Å². The van der Waals surface area contributed by atoms with Crippen LogP contribution in [0.5, 0.6) is 5.75 Å². The number of anilines is 1. The van der Waals surface area contributed by atoms with Gasteiger partial charge in [0.2, 0.25) is 5.91 Å². The van der Waals surface area contributed by atoms with E-state index in [0.717, 1.165) is 5.56 Å². The Morgan fingerprint density at radius 2 is 1.79 bits per heavy atom. The Morgan fingerprint density at radius 1 is 1.12 bits per heavy atom. The van der Waals surface area contributed by atoms with Crippen LogP contribution < -0.4 is 15.4 Å². The van der Waals surface area contributed by atoms with Crippen LogP contribution >= 0.6 is 0 Å². The molecule has 1 unspecified atom stereocenters. The van der Waals surface area contributed by atoms with Gasteiger partial charge in [-0.25, -0.2) is 4.79 Å². The Morgan fingerprint density at radius 3 is 2.36 bits per heavy atom. The number of hydrogen-bond donors (Lipinski definition) is 2. The van der Waals surface area contributed by atoms with E-state index in [1.165, 1.54) is 11.9 Å². The maximum atomic E-state index is 13.3. The molecule has 2 rings (SSSR count). The SMILES string of the molecule is C=Cc1cccc(C(C(=O)Nc2ccc(OC)cc2)N(C)C(=O)CNC(=O)OC(C)(C)C)c1. The van der Waals surface area contributed by atoms with Gasteiger partial charge < -0.3 is 25.0 Å². The van der Waals surface area contributed by atoms with Crippen molar-refractivity contribution in [2.45, 2.75) is 32.4 Å². The second-order valence-corrected chi connectivity index (χ2v) is 8.35. The van der Waals surface area contributed by atoms with Gasteiger partial charge in [-0.3, -0.25) is 9.59 Å². The number of carbonyl (C=O) groups is 3. The molecule has 33 heavy (non-hydrogen) atoms. The highest BCUT2D eigenvalue weighted by Gasteiger charge is 2.29. The maximum absolute atomic E-state index is 13.3. The molecule has 3 amide bonds. The van der Waals surface area contributed by atoms with Crippen LogP contribution in [0.2, 0.25) is 0 Å². The summed E-state index contributed by atoms with van der Waals surface area (Å²) in [5, 5.41) is 5.27. The van der Waals surface area contributed by atoms with Crippen LogP contribution in [0, 0.1) is 0 Å². The summed E-state index contributed by atoms with van der Waals surface area (Å²) in [7, 11) is 3.07. The summed E-state index contributed by atoms with van der Waals surface area (Å²) in [5.41, 5.74) is 1.28. The van der Waals surface area contributed by atoms with E-state index in [4.69, 9.17) is 9.47 Å². The van der Waals surface area contributed by atoms with Gasteiger partial charge in [-0.2, -0.15) is 0 Å². The highest BCUT2D eigenvalue weighted by atomic mass is 16.6. The Balaban J connectivity index is 2.23. The number of benzene rings is 2. The largest absolute Gasteiger partial charge is 0.497 e. The molecule has 0 aliphatic carbocycles. The van der Waals surface area contributed by atoms with Gasteiger partial charge >= 0.3 is 6.09 Å². The quantitative estimate of drug-likeness (QED) is 0.630. The minimum atomic E-state index is -0.945. The number of nitrogens with zero attached hydrogens (tertiary/aromatic N) is 1. The van der Waals surface area contributed by atoms with Crippen molar-refractivity contribution in [2.24, 2.45) is 0 Å². The molecule has 8 nitrogen and oxygen atoms in total. The molecule has 0 aliphatic rings. The fraction of sp³-hybridized carbons (Fsp3) is 0.320. The third-order valence-corrected chi connectivity index (χ3v) is 4.63. The Labute approximate surface area is 194 Å². The fourth-order valence-corrected chi connectivity index (χ4v) is 3.02. The molecule has 2 aromatic carbocycles. The lowest BCUT2D eigenvalue weighted by atomic mass is 10.0. The van der Waals surface area contributed by atoms with Gasteiger partial charge in [0.05, 0.1) is 7.11 Å². The van der Waals surface area contributed by atoms with Gasteiger partial charge in [0.25, 0.3) is 5.91 Å². The third kappa shape index (κ3) is 7.68. The summed E-state index contributed by atoms with van der Waals surface area (Å²) in [4.78, 5) is 39.3. The van der Waals surface area contributed by atoms with Gasteiger partial charge in [0.1, 0.15) is 23.9 Å². The molecule has 2 aromatic rings. The number of hydrogen-bond acceptors (Lipinski definition) is 5. The van der Waals surface area contributed by atoms with Gasteiger partial charge in [-0.1, -0.05) is 30.9 Å². The third-order valence-electron chi connectivity index (χ3n) is 4.63. The first-order valence-corrected chi connectivity index (χ1v) is 10.4. The minimum Gasteiger partial charge on any atom is -0.497 e. The molecule has 0 aliphatic heterocycles. The Hall–Kier alpha value is -3.81. The molecule has 0 heterocycles. The zero-order valence-corrected chi connectivity index (χ0v) is 19.7. The van der Waals surface area contributed by atoms with Crippen molar-refractivity contribution in [3.05, 3.63) is 66.2 Å². The molecule has 176 valence electrons. The van der Waals surface area contributed by atoms with Crippen molar-refractivity contribution in [3.63, 3.8) is 0 Å². The van der Waals surface area contributed by atoms with Crippen molar-refractivity contribution in [1.82, 2.24) is 10.2 Å². The Kier molecular flexibility index (Phi) is 8.62. The van der Waals surface area contributed by atoms with Crippen LogP contribution in [0.15, 0.2) is 55.1 Å². The van der Waals surface area contributed by atoms with E-state index in [9.17, 15) is 14.4 Å². The van der Waals surface area contributed by atoms with E-state index in [0.29, 0.717) is 17.0 Å². The Bertz CT molecular complexity index is 996. The van der Waals surface area contributed by atoms with E-state index in [-0.39, 0.29) is 6.54 Å². The number of alkyl carbamates (subject to hydrolysis) is 1. The summed E-state index contributed by atoms with van der Waals surface area (Å²) in [6.45, 7) is 8.63. The van der Waals surface area contributed by atoms with Crippen LogP contribution in [-0.2, 0) is 14.3 Å². The summed E-state index contributed by atoms with van der Waals surface area (Å²) < 4.78 is 10.3. The molecule has 0 bridgehead atoms. The number of ether oxygens (including phenoxy) is 2. The highest BCUT2D eigenvalue weighted by molar-refractivity contribution is 5.98. The van der Waals surface area contributed by atoms with Gasteiger partial charge in [0.15, 0.2) is 0 Å². The van der Waals surface area contributed by atoms with E-state index < -0.39 is 29.6 Å². The zero-order chi connectivity index (χ0) is 24.6. The number of likely N-dealkylation sites (N-methyl/N-ethyl adjacent to an activating group) is 1. The summed E-state index contributed by atoms with van der Waals surface area (Å²) in [6, 6.07) is 13.1.